The van der Waals surface area contributed by atoms with E-state index in [2.05, 4.69) is 35.8 Å². The van der Waals surface area contributed by atoms with Crippen molar-refractivity contribution in [3.63, 3.8) is 0 Å². The lowest BCUT2D eigenvalue weighted by atomic mass is 10.1. The van der Waals surface area contributed by atoms with Gasteiger partial charge in [-0.1, -0.05) is 123 Å². The fourth-order valence-electron chi connectivity index (χ4n) is 3.44. The Bertz CT molecular complexity index is 194. The van der Waals surface area contributed by atoms with Crippen LogP contribution in [0.5, 0.6) is 0 Å². The van der Waals surface area contributed by atoms with Gasteiger partial charge in [-0.2, -0.15) is 11.1 Å². The summed E-state index contributed by atoms with van der Waals surface area (Å²) in [6.45, 7) is 6.65. The topological polar surface area (TPSA) is 48.1 Å². The molecule has 1 aliphatic rings. The number of nitrogens with one attached hydrogen (secondary N) is 4. The molecule has 0 bridgehead atoms. The second-order valence-corrected chi connectivity index (χ2v) is 8.11. The molecule has 0 saturated carbocycles. The number of hydrazine groups is 3. The molecule has 0 atom stereocenters. The molecule has 0 aromatic rings. The van der Waals surface area contributed by atoms with Gasteiger partial charge in [-0.25, -0.2) is 10.9 Å². The summed E-state index contributed by atoms with van der Waals surface area (Å²) in [7, 11) is 0. The SMILES string of the molecule is C1CCCCNNNNCCC1.CCCCCCCCCCCCCCC. The van der Waals surface area contributed by atoms with E-state index in [-0.39, 0.29) is 0 Å². The summed E-state index contributed by atoms with van der Waals surface area (Å²) in [5, 5.41) is 0. The second kappa shape index (κ2) is 25.8. The zero-order chi connectivity index (χ0) is 19.7. The van der Waals surface area contributed by atoms with Crippen LogP contribution in [0.2, 0.25) is 0 Å². The van der Waals surface area contributed by atoms with Crippen molar-refractivity contribution in [1.82, 2.24) is 21.9 Å². The average Bonchev–Trinajstić information content (AvgIpc) is 2.67. The van der Waals surface area contributed by atoms with Gasteiger partial charge in [0.1, 0.15) is 0 Å². The third-order valence-electron chi connectivity index (χ3n) is 5.30. The minimum absolute atomic E-state index is 1.04. The first-order chi connectivity index (χ1) is 13.4. The first kappa shape index (κ1) is 26.8. The lowest BCUT2D eigenvalue weighted by Gasteiger charge is -2.11. The van der Waals surface area contributed by atoms with Crippen molar-refractivity contribution < 1.29 is 0 Å². The lowest BCUT2D eigenvalue weighted by Crippen LogP contribution is -2.51. The quantitative estimate of drug-likeness (QED) is 0.288. The van der Waals surface area contributed by atoms with Gasteiger partial charge in [0.05, 0.1) is 0 Å². The normalized spacial score (nSPS) is 16.7. The Morgan fingerprint density at radius 3 is 1.04 bits per heavy atom. The number of unbranched alkanes of at least 4 members (excludes halogenated alkanes) is 12. The molecule has 1 rings (SSSR count). The van der Waals surface area contributed by atoms with Crippen LogP contribution in [0.4, 0.5) is 0 Å². The smallest absolute Gasteiger partial charge is 0.0113 e. The molecule has 0 aliphatic carbocycles. The van der Waals surface area contributed by atoms with Gasteiger partial charge in [-0.3, -0.25) is 0 Å². The second-order valence-electron chi connectivity index (χ2n) is 8.11. The molecule has 0 radical (unpaired) electrons. The highest BCUT2D eigenvalue weighted by atomic mass is 15.7. The van der Waals surface area contributed by atoms with E-state index in [9.17, 15) is 0 Å². The minimum atomic E-state index is 1.04. The number of hydrogen-bond donors (Lipinski definition) is 4. The summed E-state index contributed by atoms with van der Waals surface area (Å²) in [5.41, 5.74) is 11.9. The van der Waals surface area contributed by atoms with Gasteiger partial charge >= 0.3 is 0 Å². The van der Waals surface area contributed by atoms with Crippen LogP contribution in [0.15, 0.2) is 0 Å². The first-order valence-corrected chi connectivity index (χ1v) is 12.4. The number of rotatable bonds is 12. The Labute approximate surface area is 171 Å². The zero-order valence-electron chi connectivity index (χ0n) is 18.8. The Morgan fingerprint density at radius 1 is 0.407 bits per heavy atom. The molecule has 0 unspecified atom stereocenters. The van der Waals surface area contributed by atoms with Crippen LogP contribution in [0.25, 0.3) is 0 Å². The van der Waals surface area contributed by atoms with Gasteiger partial charge < -0.3 is 0 Å². The molecule has 0 aromatic carbocycles. The van der Waals surface area contributed by atoms with Crippen molar-refractivity contribution in [1.29, 1.82) is 0 Å². The summed E-state index contributed by atoms with van der Waals surface area (Å²) >= 11 is 0. The maximum absolute atomic E-state index is 3.08. The third-order valence-corrected chi connectivity index (χ3v) is 5.30. The summed E-state index contributed by atoms with van der Waals surface area (Å²) < 4.78 is 0. The molecule has 1 heterocycles. The maximum atomic E-state index is 3.08. The van der Waals surface area contributed by atoms with Crippen LogP contribution in [0, 0.1) is 0 Å². The van der Waals surface area contributed by atoms with Gasteiger partial charge in [-0.15, -0.1) is 0 Å². The van der Waals surface area contributed by atoms with Crippen LogP contribution in [-0.4, -0.2) is 13.1 Å². The fraction of sp³-hybridized carbons (Fsp3) is 1.00. The monoisotopic (exact) mass is 384 g/mol. The van der Waals surface area contributed by atoms with E-state index in [0.717, 1.165) is 13.1 Å². The van der Waals surface area contributed by atoms with E-state index >= 15 is 0 Å². The molecule has 1 saturated heterocycles. The van der Waals surface area contributed by atoms with Crippen molar-refractivity contribution in [2.75, 3.05) is 13.1 Å². The summed E-state index contributed by atoms with van der Waals surface area (Å²) in [4.78, 5) is 0. The van der Waals surface area contributed by atoms with Crippen LogP contribution in [-0.2, 0) is 0 Å². The van der Waals surface area contributed by atoms with Crippen LogP contribution >= 0.6 is 0 Å². The van der Waals surface area contributed by atoms with Crippen molar-refractivity contribution in [2.45, 2.75) is 136 Å². The van der Waals surface area contributed by atoms with Crippen LogP contribution in [0.1, 0.15) is 136 Å². The highest BCUT2D eigenvalue weighted by molar-refractivity contribution is 4.50. The van der Waals surface area contributed by atoms with Gasteiger partial charge in [-0.05, 0) is 12.8 Å². The van der Waals surface area contributed by atoms with E-state index in [1.165, 1.54) is 122 Å². The van der Waals surface area contributed by atoms with Crippen LogP contribution in [0.3, 0.4) is 0 Å². The van der Waals surface area contributed by atoms with Crippen molar-refractivity contribution in [3.8, 4) is 0 Å². The molecule has 0 amide bonds. The van der Waals surface area contributed by atoms with Crippen molar-refractivity contribution in [2.24, 2.45) is 0 Å². The van der Waals surface area contributed by atoms with Gasteiger partial charge in [0.15, 0.2) is 0 Å². The molecule has 4 N–H and O–H groups in total. The van der Waals surface area contributed by atoms with Crippen molar-refractivity contribution >= 4 is 0 Å². The predicted octanol–water partition coefficient (Wildman–Crippen LogP) is 6.54. The minimum Gasteiger partial charge on any atom is -0.243 e. The average molecular weight is 385 g/mol. The Morgan fingerprint density at radius 2 is 0.704 bits per heavy atom. The van der Waals surface area contributed by atoms with Gasteiger partial charge in [0.25, 0.3) is 0 Å². The standard InChI is InChI=1S/C15H32.C8H20N4/c1-3-5-7-9-11-13-15-14-12-10-8-6-4-2;1-2-4-6-8-10-12-11-9-7-5-3-1/h3-15H2,1-2H3;9-12H,1-8H2. The Kier molecular flexibility index (Phi) is 25.7. The highest BCUT2D eigenvalue weighted by Gasteiger charge is 1.94. The van der Waals surface area contributed by atoms with Crippen LogP contribution < -0.4 is 21.9 Å². The Balaban J connectivity index is 0.000000511. The van der Waals surface area contributed by atoms with Crippen molar-refractivity contribution in [3.05, 3.63) is 0 Å². The lowest BCUT2D eigenvalue weighted by molar-refractivity contribution is 0.354. The Hall–Kier alpha value is -0.160. The molecule has 4 heteroatoms. The van der Waals surface area contributed by atoms with E-state index in [1.807, 2.05) is 0 Å². The molecule has 0 spiro atoms. The molecule has 0 aromatic heterocycles. The van der Waals surface area contributed by atoms with Gasteiger partial charge in [0.2, 0.25) is 0 Å². The van der Waals surface area contributed by atoms with E-state index in [0.29, 0.717) is 0 Å². The molecular formula is C23H52N4. The summed E-state index contributed by atoms with van der Waals surface area (Å²) in [6, 6.07) is 0. The van der Waals surface area contributed by atoms with E-state index in [4.69, 9.17) is 0 Å². The molecule has 27 heavy (non-hydrogen) atoms. The summed E-state index contributed by atoms with van der Waals surface area (Å²) in [5.74, 6) is 0. The molecular weight excluding hydrogens is 332 g/mol. The maximum Gasteiger partial charge on any atom is 0.0113 e. The predicted molar refractivity (Wildman–Crippen MR) is 121 cm³/mol. The number of hydrogen-bond acceptors (Lipinski definition) is 4. The summed E-state index contributed by atoms with van der Waals surface area (Å²) in [6.07, 6.45) is 26.9. The molecule has 164 valence electrons. The molecule has 4 nitrogen and oxygen atoms in total. The molecule has 1 fully saturated rings. The molecule has 1 aliphatic heterocycles. The highest BCUT2D eigenvalue weighted by Crippen LogP contribution is 2.12. The fourth-order valence-corrected chi connectivity index (χ4v) is 3.44. The third kappa shape index (κ3) is 25.8. The van der Waals surface area contributed by atoms with E-state index < -0.39 is 0 Å². The van der Waals surface area contributed by atoms with E-state index in [1.54, 1.807) is 0 Å². The van der Waals surface area contributed by atoms with Gasteiger partial charge in [0, 0.05) is 13.1 Å². The zero-order valence-corrected chi connectivity index (χ0v) is 18.8. The largest absolute Gasteiger partial charge is 0.243 e. The first-order valence-electron chi connectivity index (χ1n) is 12.4.